The van der Waals surface area contributed by atoms with Crippen molar-refractivity contribution in [1.82, 2.24) is 0 Å². The number of carbonyl (C=O) groups excluding carboxylic acids is 1. The van der Waals surface area contributed by atoms with E-state index in [4.69, 9.17) is 27.5 Å². The van der Waals surface area contributed by atoms with Crippen molar-refractivity contribution in [2.24, 2.45) is 0 Å². The average Bonchev–Trinajstić information content (AvgIpc) is 3.11. The van der Waals surface area contributed by atoms with Gasteiger partial charge in [-0.2, -0.15) is 0 Å². The van der Waals surface area contributed by atoms with Crippen LogP contribution in [0.25, 0.3) is 0 Å². The fourth-order valence-electron chi connectivity index (χ4n) is 6.38. The first kappa shape index (κ1) is 46.1. The van der Waals surface area contributed by atoms with E-state index in [1.165, 1.54) is 6.08 Å². The zero-order valence-corrected chi connectivity index (χ0v) is 39.1. The smallest absolute Gasteiger partial charge is 0.331 e. The highest BCUT2D eigenvalue weighted by Gasteiger charge is 2.47. The van der Waals surface area contributed by atoms with Crippen LogP contribution in [0.3, 0.4) is 0 Å². The quantitative estimate of drug-likeness (QED) is 0.0497. The van der Waals surface area contributed by atoms with E-state index in [1.54, 1.807) is 13.2 Å². The van der Waals surface area contributed by atoms with E-state index in [1.807, 2.05) is 30.3 Å². The molecule has 0 saturated carbocycles. The van der Waals surface area contributed by atoms with Gasteiger partial charge in [0.15, 0.2) is 31.1 Å². The summed E-state index contributed by atoms with van der Waals surface area (Å²) in [6, 6.07) is 13.9. The van der Waals surface area contributed by atoms with Gasteiger partial charge in [-0.15, -0.1) is 0 Å². The second-order valence-corrected chi connectivity index (χ2v) is 30.5. The molecule has 2 rings (SSSR count). The van der Waals surface area contributed by atoms with Gasteiger partial charge in [-0.1, -0.05) is 109 Å². The average molecular weight is 873 g/mol. The number of hydrogen-bond donors (Lipinski definition) is 0. The highest BCUT2D eigenvalue weighted by atomic mass is 127. The van der Waals surface area contributed by atoms with Crippen LogP contribution in [0.4, 0.5) is 0 Å². The van der Waals surface area contributed by atoms with Gasteiger partial charge in [-0.3, -0.25) is 0 Å². The molecule has 51 heavy (non-hydrogen) atoms. The predicted molar refractivity (Wildman–Crippen MR) is 228 cm³/mol. The summed E-state index contributed by atoms with van der Waals surface area (Å²) in [5.74, 6) is 0.411. The van der Waals surface area contributed by atoms with Crippen LogP contribution in [0.1, 0.15) is 81.2 Å². The summed E-state index contributed by atoms with van der Waals surface area (Å²) in [5, 5.41) is 0.0586. The summed E-state index contributed by atoms with van der Waals surface area (Å²) in [6.45, 7) is 27.7. The number of benzene rings is 1. The van der Waals surface area contributed by atoms with Crippen LogP contribution in [0.15, 0.2) is 58.7 Å². The van der Waals surface area contributed by atoms with Crippen LogP contribution in [0.2, 0.25) is 54.4 Å². The fourth-order valence-corrected chi connectivity index (χ4v) is 14.1. The molecule has 0 aliphatic carbocycles. The molecule has 7 nitrogen and oxygen atoms in total. The molecule has 0 unspecified atom stereocenters. The van der Waals surface area contributed by atoms with Crippen molar-refractivity contribution >= 4 is 53.5 Å². The normalized spacial score (nSPS) is 20.1. The van der Waals surface area contributed by atoms with Crippen molar-refractivity contribution in [1.29, 1.82) is 0 Å². The molecule has 290 valence electrons. The molecule has 0 amide bonds. The Kier molecular flexibility index (Phi) is 18.6. The zero-order valence-electron chi connectivity index (χ0n) is 34.0. The van der Waals surface area contributed by atoms with E-state index < -0.39 is 42.8 Å². The van der Waals surface area contributed by atoms with Gasteiger partial charge in [0.25, 0.3) is 0 Å². The van der Waals surface area contributed by atoms with Gasteiger partial charge < -0.3 is 27.5 Å². The molecule has 0 bridgehead atoms. The van der Waals surface area contributed by atoms with Gasteiger partial charge in [0, 0.05) is 12.5 Å². The first-order valence-corrected chi connectivity index (χ1v) is 28.3. The Morgan fingerprint density at radius 3 is 1.94 bits per heavy atom. The van der Waals surface area contributed by atoms with Gasteiger partial charge >= 0.3 is 5.97 Å². The van der Waals surface area contributed by atoms with Crippen molar-refractivity contribution in [3.8, 4) is 5.75 Å². The first-order chi connectivity index (χ1) is 23.9. The maximum Gasteiger partial charge on any atom is 0.331 e. The van der Waals surface area contributed by atoms with Crippen LogP contribution >= 0.6 is 22.6 Å². The Bertz CT molecular complexity index is 1270. The SMILES string of the molecule is CC[Si](CC)(CC)O[C@H](C[C@H](/C=C\I)O[Si](C)(C)C(C)(C)C)[C@@](C)(/C=C/[C@@H]1OC(=O)C=C[C@@H]1OCc1ccc(OC)cc1)O[Si](CC)(CC)CC. The van der Waals surface area contributed by atoms with Crippen molar-refractivity contribution in [2.75, 3.05) is 7.11 Å². The summed E-state index contributed by atoms with van der Waals surface area (Å²) < 4.78 is 41.9. The maximum absolute atomic E-state index is 12.6. The van der Waals surface area contributed by atoms with E-state index in [-0.39, 0.29) is 23.2 Å². The lowest BCUT2D eigenvalue weighted by Gasteiger charge is -2.48. The third-order valence-corrected chi connectivity index (χ3v) is 25.8. The molecule has 1 aromatic carbocycles. The molecule has 11 heteroatoms. The lowest BCUT2D eigenvalue weighted by Crippen LogP contribution is -2.56. The van der Waals surface area contributed by atoms with Crippen LogP contribution in [-0.2, 0) is 34.2 Å². The van der Waals surface area contributed by atoms with Gasteiger partial charge in [0.1, 0.15) is 11.9 Å². The van der Waals surface area contributed by atoms with Crippen molar-refractivity contribution < 1.29 is 32.3 Å². The van der Waals surface area contributed by atoms with Crippen LogP contribution < -0.4 is 4.74 Å². The summed E-state index contributed by atoms with van der Waals surface area (Å²) >= 11 is 2.31. The highest BCUT2D eigenvalue weighted by Crippen LogP contribution is 2.41. The molecular weight excluding hydrogens is 804 g/mol. The standard InChI is InChI=1S/C40H69IO7Si3/c1-14-50(15-2,16-3)47-37(30-34(27-29-41)46-49(12,13)39(7,8)9)40(10,48-51(17-4,18-5)19-6)28-26-36-35(24-25-38(42)45-36)44-31-32-20-22-33(43-11)23-21-32/h20-29,34-37H,14-19,30-31H2,1-13H3/b28-26+,29-27-/t34-,35-,36-,37+,40+/m0/s1. The molecule has 0 radical (unpaired) electrons. The first-order valence-electron chi connectivity index (χ1n) is 19.1. The van der Waals surface area contributed by atoms with Gasteiger partial charge in [0.2, 0.25) is 0 Å². The summed E-state index contributed by atoms with van der Waals surface area (Å²) in [4.78, 5) is 12.6. The number of ether oxygens (including phenoxy) is 3. The highest BCUT2D eigenvalue weighted by molar-refractivity contribution is 14.1. The molecule has 5 atom stereocenters. The third kappa shape index (κ3) is 13.0. The molecule has 0 fully saturated rings. The van der Waals surface area contributed by atoms with E-state index in [2.05, 4.69) is 121 Å². The lowest BCUT2D eigenvalue weighted by molar-refractivity contribution is -0.148. The topological polar surface area (TPSA) is 72.5 Å². The minimum absolute atomic E-state index is 0.0586. The largest absolute Gasteiger partial charge is 0.497 e. The minimum Gasteiger partial charge on any atom is -0.497 e. The van der Waals surface area contributed by atoms with Crippen molar-refractivity contribution in [3.63, 3.8) is 0 Å². The lowest BCUT2D eigenvalue weighted by atomic mass is 9.92. The van der Waals surface area contributed by atoms with Crippen molar-refractivity contribution in [2.45, 2.75) is 167 Å². The number of halogens is 1. The second kappa shape index (κ2) is 20.6. The molecule has 0 aromatic heterocycles. The molecule has 1 heterocycles. The molecule has 0 spiro atoms. The number of cyclic esters (lactones) is 1. The molecule has 0 N–H and O–H groups in total. The monoisotopic (exact) mass is 872 g/mol. The predicted octanol–water partition coefficient (Wildman–Crippen LogP) is 11.5. The van der Waals surface area contributed by atoms with E-state index in [0.29, 0.717) is 13.0 Å². The summed E-state index contributed by atoms with van der Waals surface area (Å²) in [6.07, 6.45) is 8.73. The Balaban J connectivity index is 2.69. The van der Waals surface area contributed by atoms with Crippen molar-refractivity contribution in [3.05, 3.63) is 64.3 Å². The molecule has 1 aliphatic heterocycles. The fraction of sp³-hybridized carbons (Fsp3) is 0.675. The van der Waals surface area contributed by atoms with Gasteiger partial charge in [0.05, 0.1) is 31.5 Å². The molecule has 0 saturated heterocycles. The Labute approximate surface area is 327 Å². The molecular formula is C40H69IO7Si3. The maximum atomic E-state index is 12.6. The van der Waals surface area contributed by atoms with Crippen LogP contribution in [0.5, 0.6) is 5.75 Å². The Morgan fingerprint density at radius 2 is 1.45 bits per heavy atom. The number of carbonyl (C=O) groups is 1. The van der Waals surface area contributed by atoms with E-state index >= 15 is 0 Å². The second-order valence-electron chi connectivity index (χ2n) is 15.6. The van der Waals surface area contributed by atoms with Crippen LogP contribution in [0, 0.1) is 0 Å². The third-order valence-electron chi connectivity index (χ3n) is 11.5. The zero-order chi connectivity index (χ0) is 38.5. The number of rotatable bonds is 22. The summed E-state index contributed by atoms with van der Waals surface area (Å²) in [5.41, 5.74) is 0.194. The molecule has 1 aliphatic rings. The van der Waals surface area contributed by atoms with E-state index in [9.17, 15) is 4.79 Å². The Morgan fingerprint density at radius 1 is 0.882 bits per heavy atom. The summed E-state index contributed by atoms with van der Waals surface area (Å²) in [7, 11) is -4.78. The number of esters is 1. The van der Waals surface area contributed by atoms with E-state index in [0.717, 1.165) is 47.6 Å². The number of hydrogen-bond acceptors (Lipinski definition) is 7. The Hall–Kier alpha value is -1.07. The molecule has 1 aromatic rings. The number of methoxy groups -OCH3 is 1. The minimum atomic E-state index is -2.18. The van der Waals surface area contributed by atoms with Crippen LogP contribution in [-0.4, -0.2) is 68.0 Å². The van der Waals surface area contributed by atoms with Gasteiger partial charge in [-0.25, -0.2) is 4.79 Å². The van der Waals surface area contributed by atoms with Gasteiger partial charge in [-0.05, 0) is 95.3 Å².